The molecule has 0 unspecified atom stereocenters. The first-order chi connectivity index (χ1) is 14.7. The second kappa shape index (κ2) is 7.90. The summed E-state index contributed by atoms with van der Waals surface area (Å²) in [6.07, 6.45) is -1.28. The summed E-state index contributed by atoms with van der Waals surface area (Å²) in [5.74, 6) is -0.0899. The normalized spacial score (nSPS) is 21.1. The Labute approximate surface area is 178 Å². The number of alkyl halides is 3. The van der Waals surface area contributed by atoms with Gasteiger partial charge in [0.1, 0.15) is 5.75 Å². The molecule has 0 saturated carbocycles. The van der Waals surface area contributed by atoms with Gasteiger partial charge >= 0.3 is 6.36 Å². The van der Waals surface area contributed by atoms with Crippen LogP contribution in [-0.2, 0) is 16.8 Å². The quantitative estimate of drug-likeness (QED) is 0.760. The number of carbonyl (C=O) groups excluding carboxylic acids is 1. The molecule has 1 heterocycles. The zero-order chi connectivity index (χ0) is 22.2. The molecule has 0 saturated heterocycles. The van der Waals surface area contributed by atoms with Gasteiger partial charge in [-0.25, -0.2) is 4.99 Å². The topological polar surface area (TPSA) is 67.9 Å². The largest absolute Gasteiger partial charge is 0.573 e. The Morgan fingerprint density at radius 2 is 1.97 bits per heavy atom. The number of rotatable bonds is 4. The van der Waals surface area contributed by atoms with Gasteiger partial charge < -0.3 is 10.5 Å². The van der Waals surface area contributed by atoms with Gasteiger partial charge in [-0.2, -0.15) is 0 Å². The predicted octanol–water partition coefficient (Wildman–Crippen LogP) is 4.74. The van der Waals surface area contributed by atoms with E-state index < -0.39 is 11.9 Å². The lowest BCUT2D eigenvalue weighted by Gasteiger charge is -2.41. The molecule has 31 heavy (non-hydrogen) atoms. The molecular formula is C23H24F3N3O2. The number of nitrogens with two attached hydrogens (primary N) is 1. The summed E-state index contributed by atoms with van der Waals surface area (Å²) in [7, 11) is 0. The van der Waals surface area contributed by atoms with Crippen LogP contribution in [0, 0.1) is 0 Å². The number of benzene rings is 2. The molecule has 5 nitrogen and oxygen atoms in total. The van der Waals surface area contributed by atoms with Crippen molar-refractivity contribution in [3.63, 3.8) is 0 Å². The number of halogens is 3. The van der Waals surface area contributed by atoms with Crippen LogP contribution in [0.3, 0.4) is 0 Å². The fraction of sp³-hybridized carbons (Fsp3) is 0.391. The highest BCUT2D eigenvalue weighted by atomic mass is 19.4. The first-order valence-corrected chi connectivity index (χ1v) is 10.4. The maximum absolute atomic E-state index is 12.9. The zero-order valence-corrected chi connectivity index (χ0v) is 17.2. The van der Waals surface area contributed by atoms with Crippen LogP contribution >= 0.6 is 0 Å². The van der Waals surface area contributed by atoms with Crippen LogP contribution in [0.1, 0.15) is 43.7 Å². The SMILES string of the molecule is CCCN1C(=O)C[C@]2(CCCc3ccc(-c4cccc(OC(F)(F)F)c4)cc32)N=C1N. The van der Waals surface area contributed by atoms with Crippen molar-refractivity contribution in [1.82, 2.24) is 4.90 Å². The summed E-state index contributed by atoms with van der Waals surface area (Å²) in [6, 6.07) is 11.7. The molecule has 0 aromatic heterocycles. The maximum Gasteiger partial charge on any atom is 0.573 e. The Morgan fingerprint density at radius 1 is 1.19 bits per heavy atom. The molecule has 1 amide bonds. The van der Waals surface area contributed by atoms with Gasteiger partial charge in [-0.15, -0.1) is 13.2 Å². The lowest BCUT2D eigenvalue weighted by molar-refractivity contribution is -0.274. The van der Waals surface area contributed by atoms with Gasteiger partial charge in [0.15, 0.2) is 5.96 Å². The van der Waals surface area contributed by atoms with Crippen LogP contribution in [0.5, 0.6) is 5.75 Å². The predicted molar refractivity (Wildman–Crippen MR) is 111 cm³/mol. The van der Waals surface area contributed by atoms with Gasteiger partial charge in [0.25, 0.3) is 0 Å². The van der Waals surface area contributed by atoms with Crippen LogP contribution in [0.15, 0.2) is 47.5 Å². The van der Waals surface area contributed by atoms with Crippen molar-refractivity contribution >= 4 is 11.9 Å². The first-order valence-electron chi connectivity index (χ1n) is 10.4. The van der Waals surface area contributed by atoms with E-state index in [1.807, 2.05) is 25.1 Å². The summed E-state index contributed by atoms with van der Waals surface area (Å²) in [5.41, 5.74) is 8.80. The van der Waals surface area contributed by atoms with E-state index >= 15 is 0 Å². The molecule has 164 valence electrons. The molecule has 2 aliphatic rings. The number of nitrogens with zero attached hydrogens (tertiary/aromatic N) is 2. The van der Waals surface area contributed by atoms with Crippen LogP contribution in [0.2, 0.25) is 0 Å². The lowest BCUT2D eigenvalue weighted by atomic mass is 9.73. The van der Waals surface area contributed by atoms with Gasteiger partial charge in [-0.1, -0.05) is 31.2 Å². The first kappa shape index (κ1) is 21.2. The molecule has 0 fully saturated rings. The molecule has 1 atom stereocenters. The Kier molecular flexibility index (Phi) is 5.41. The monoisotopic (exact) mass is 431 g/mol. The lowest BCUT2D eigenvalue weighted by Crippen LogP contribution is -2.51. The van der Waals surface area contributed by atoms with Crippen molar-refractivity contribution in [3.05, 3.63) is 53.6 Å². The number of fused-ring (bicyclic) bond motifs is 2. The van der Waals surface area contributed by atoms with E-state index in [0.29, 0.717) is 18.5 Å². The highest BCUT2D eigenvalue weighted by Crippen LogP contribution is 2.45. The maximum atomic E-state index is 12.9. The number of hydrogen-bond donors (Lipinski definition) is 1. The number of guanidine groups is 1. The van der Waals surface area contributed by atoms with Crippen molar-refractivity contribution in [2.75, 3.05) is 6.54 Å². The van der Waals surface area contributed by atoms with Gasteiger partial charge in [0.2, 0.25) is 5.91 Å². The Balaban J connectivity index is 1.75. The fourth-order valence-electron chi connectivity index (χ4n) is 4.54. The minimum atomic E-state index is -4.75. The van der Waals surface area contributed by atoms with Gasteiger partial charge in [0, 0.05) is 6.54 Å². The molecule has 1 aliphatic carbocycles. The smallest absolute Gasteiger partial charge is 0.406 e. The van der Waals surface area contributed by atoms with Crippen LogP contribution in [0.25, 0.3) is 11.1 Å². The number of ether oxygens (including phenoxy) is 1. The van der Waals surface area contributed by atoms with Gasteiger partial charge in [-0.05, 0) is 66.1 Å². The summed E-state index contributed by atoms with van der Waals surface area (Å²) in [6.45, 7) is 2.51. The second-order valence-electron chi connectivity index (χ2n) is 8.02. The van der Waals surface area contributed by atoms with E-state index in [1.54, 1.807) is 6.07 Å². The van der Waals surface area contributed by atoms with Crippen LogP contribution in [0.4, 0.5) is 13.2 Å². The minimum absolute atomic E-state index is 0.0480. The van der Waals surface area contributed by atoms with Crippen molar-refractivity contribution in [3.8, 4) is 16.9 Å². The van der Waals surface area contributed by atoms with E-state index in [-0.39, 0.29) is 24.0 Å². The summed E-state index contributed by atoms with van der Waals surface area (Å²) in [5, 5.41) is 0. The highest BCUT2D eigenvalue weighted by molar-refractivity contribution is 5.99. The molecule has 1 aliphatic heterocycles. The minimum Gasteiger partial charge on any atom is -0.406 e. The van der Waals surface area contributed by atoms with Crippen molar-refractivity contribution in [1.29, 1.82) is 0 Å². The number of aliphatic imine (C=N–C) groups is 1. The number of carbonyl (C=O) groups is 1. The van der Waals surface area contributed by atoms with Crippen molar-refractivity contribution in [2.24, 2.45) is 10.7 Å². The average molecular weight is 431 g/mol. The van der Waals surface area contributed by atoms with E-state index in [1.165, 1.54) is 23.1 Å². The molecule has 2 N–H and O–H groups in total. The van der Waals surface area contributed by atoms with Gasteiger partial charge in [0.05, 0.1) is 12.0 Å². The number of hydrogen-bond acceptors (Lipinski definition) is 4. The number of aryl methyl sites for hydroxylation is 1. The molecule has 0 bridgehead atoms. The number of amides is 1. The average Bonchev–Trinajstić information content (AvgIpc) is 2.70. The van der Waals surface area contributed by atoms with Crippen molar-refractivity contribution < 1.29 is 22.7 Å². The Hall–Kier alpha value is -3.03. The van der Waals surface area contributed by atoms with E-state index in [2.05, 4.69) is 4.74 Å². The second-order valence-corrected chi connectivity index (χ2v) is 8.02. The van der Waals surface area contributed by atoms with Crippen LogP contribution < -0.4 is 10.5 Å². The van der Waals surface area contributed by atoms with Crippen LogP contribution in [-0.4, -0.2) is 29.7 Å². The third-order valence-electron chi connectivity index (χ3n) is 5.85. The van der Waals surface area contributed by atoms with E-state index in [0.717, 1.165) is 36.0 Å². The molecule has 1 spiro atoms. The molecule has 4 rings (SSSR count). The zero-order valence-electron chi connectivity index (χ0n) is 17.2. The summed E-state index contributed by atoms with van der Waals surface area (Å²) < 4.78 is 41.9. The highest BCUT2D eigenvalue weighted by Gasteiger charge is 2.43. The van der Waals surface area contributed by atoms with Gasteiger partial charge in [-0.3, -0.25) is 9.69 Å². The third-order valence-corrected chi connectivity index (χ3v) is 5.85. The molecule has 2 aromatic rings. The summed E-state index contributed by atoms with van der Waals surface area (Å²) in [4.78, 5) is 19.2. The molecule has 0 radical (unpaired) electrons. The van der Waals surface area contributed by atoms with E-state index in [4.69, 9.17) is 10.7 Å². The molecule has 2 aromatic carbocycles. The Morgan fingerprint density at radius 3 is 2.68 bits per heavy atom. The van der Waals surface area contributed by atoms with E-state index in [9.17, 15) is 18.0 Å². The Bertz CT molecular complexity index is 1030. The molecular weight excluding hydrogens is 407 g/mol. The molecule has 8 heteroatoms. The fourth-order valence-corrected chi connectivity index (χ4v) is 4.54. The third kappa shape index (κ3) is 4.24. The standard InChI is InChI=1S/C23H24F3N3O2/c1-2-11-29-20(30)14-22(28-21(29)27)10-4-6-15-8-9-17(13-19(15)22)16-5-3-7-18(12-16)31-23(24,25)26/h3,5,7-9,12-13H,2,4,6,10-11,14H2,1H3,(H2,27,28)/t22-/m0/s1. The van der Waals surface area contributed by atoms with Crippen molar-refractivity contribution in [2.45, 2.75) is 50.9 Å². The summed E-state index contributed by atoms with van der Waals surface area (Å²) >= 11 is 0.